The van der Waals surface area contributed by atoms with Crippen LogP contribution in [0.4, 0.5) is 0 Å². The smallest absolute Gasteiger partial charge is 0.0992 e. The van der Waals surface area contributed by atoms with E-state index in [2.05, 4.69) is 17.3 Å². The third kappa shape index (κ3) is 0.382. The van der Waals surface area contributed by atoms with Gasteiger partial charge < -0.3 is 0 Å². The van der Waals surface area contributed by atoms with Crippen molar-refractivity contribution in [2.45, 2.75) is 25.2 Å². The molecule has 2 aliphatic carbocycles. The van der Waals surface area contributed by atoms with E-state index in [9.17, 15) is 0 Å². The molecular formula is C8H9NS. The molecule has 2 saturated carbocycles. The SMILES string of the molecule is CC12CC1(c1nccs1)C2. The fraction of sp³-hybridized carbons (Fsp3) is 0.625. The molecule has 2 heteroatoms. The number of nitrogens with zero attached hydrogens (tertiary/aromatic N) is 1. The van der Waals surface area contributed by atoms with E-state index in [1.165, 1.54) is 17.8 Å². The van der Waals surface area contributed by atoms with Crippen molar-refractivity contribution in [1.82, 2.24) is 4.98 Å². The second-order valence-electron chi connectivity index (χ2n) is 3.83. The van der Waals surface area contributed by atoms with Crippen LogP contribution >= 0.6 is 11.3 Å². The molecule has 1 heterocycles. The van der Waals surface area contributed by atoms with Gasteiger partial charge in [-0.3, -0.25) is 0 Å². The van der Waals surface area contributed by atoms with Crippen molar-refractivity contribution in [2.75, 3.05) is 0 Å². The maximum atomic E-state index is 4.36. The molecule has 1 nitrogen and oxygen atoms in total. The Morgan fingerprint density at radius 1 is 1.60 bits per heavy atom. The van der Waals surface area contributed by atoms with E-state index >= 15 is 0 Å². The van der Waals surface area contributed by atoms with Gasteiger partial charge in [-0.25, -0.2) is 4.98 Å². The van der Waals surface area contributed by atoms with Crippen LogP contribution in [0.1, 0.15) is 24.8 Å². The molecule has 0 spiro atoms. The van der Waals surface area contributed by atoms with Gasteiger partial charge in [-0.05, 0) is 18.3 Å². The highest BCUT2D eigenvalue weighted by Crippen LogP contribution is 2.85. The van der Waals surface area contributed by atoms with Crippen molar-refractivity contribution >= 4 is 11.3 Å². The van der Waals surface area contributed by atoms with Crippen molar-refractivity contribution in [2.24, 2.45) is 5.41 Å². The first-order valence-electron chi connectivity index (χ1n) is 3.67. The highest BCUT2D eigenvalue weighted by atomic mass is 32.1. The Labute approximate surface area is 64.1 Å². The average molecular weight is 151 g/mol. The molecule has 1 aromatic rings. The molecule has 0 atom stereocenters. The maximum Gasteiger partial charge on any atom is 0.0992 e. The standard InChI is InChI=1S/C8H9NS/c1-7-4-8(7,5-7)6-9-2-3-10-6/h2-3H,4-5H2,1H3. The Hall–Kier alpha value is -0.370. The van der Waals surface area contributed by atoms with Gasteiger partial charge in [0, 0.05) is 17.0 Å². The van der Waals surface area contributed by atoms with E-state index in [0.717, 1.165) is 0 Å². The van der Waals surface area contributed by atoms with Gasteiger partial charge in [-0.2, -0.15) is 0 Å². The molecule has 0 radical (unpaired) electrons. The van der Waals surface area contributed by atoms with Crippen LogP contribution in [0.3, 0.4) is 0 Å². The Morgan fingerprint density at radius 3 is 2.70 bits per heavy atom. The molecule has 52 valence electrons. The first-order valence-corrected chi connectivity index (χ1v) is 4.55. The van der Waals surface area contributed by atoms with Crippen molar-refractivity contribution in [3.63, 3.8) is 0 Å². The summed E-state index contributed by atoms with van der Waals surface area (Å²) in [6.07, 6.45) is 4.72. The number of hydrogen-bond donors (Lipinski definition) is 0. The lowest BCUT2D eigenvalue weighted by Crippen LogP contribution is -1.89. The van der Waals surface area contributed by atoms with Crippen LogP contribution in [0, 0.1) is 5.41 Å². The molecule has 0 aliphatic heterocycles. The van der Waals surface area contributed by atoms with E-state index in [4.69, 9.17) is 0 Å². The second kappa shape index (κ2) is 1.18. The summed E-state index contributed by atoms with van der Waals surface area (Å²) in [4.78, 5) is 4.36. The third-order valence-corrected chi connectivity index (χ3v) is 4.11. The molecule has 0 N–H and O–H groups in total. The van der Waals surface area contributed by atoms with Gasteiger partial charge in [0.15, 0.2) is 0 Å². The number of fused-ring (bicyclic) bond motifs is 1. The highest BCUT2D eigenvalue weighted by molar-refractivity contribution is 7.09. The van der Waals surface area contributed by atoms with Crippen molar-refractivity contribution in [3.8, 4) is 0 Å². The van der Waals surface area contributed by atoms with Crippen LogP contribution in [0.2, 0.25) is 0 Å². The van der Waals surface area contributed by atoms with E-state index in [1.54, 1.807) is 0 Å². The van der Waals surface area contributed by atoms with Gasteiger partial charge in [0.1, 0.15) is 0 Å². The maximum absolute atomic E-state index is 4.36. The van der Waals surface area contributed by atoms with Crippen LogP contribution in [0.15, 0.2) is 11.6 Å². The van der Waals surface area contributed by atoms with Gasteiger partial charge in [0.25, 0.3) is 0 Å². The monoisotopic (exact) mass is 151 g/mol. The normalized spacial score (nSPS) is 48.5. The molecule has 2 fully saturated rings. The minimum absolute atomic E-state index is 0.584. The second-order valence-corrected chi connectivity index (χ2v) is 4.73. The van der Waals surface area contributed by atoms with Gasteiger partial charge >= 0.3 is 0 Å². The lowest BCUT2D eigenvalue weighted by molar-refractivity contribution is 0.712. The van der Waals surface area contributed by atoms with Gasteiger partial charge in [0.2, 0.25) is 0 Å². The molecule has 3 rings (SSSR count). The summed E-state index contributed by atoms with van der Waals surface area (Å²) in [5, 5.41) is 3.47. The Kier molecular flexibility index (Phi) is 0.626. The number of thiazole rings is 1. The minimum Gasteiger partial charge on any atom is -0.249 e. The summed E-state index contributed by atoms with van der Waals surface area (Å²) in [6.45, 7) is 2.37. The lowest BCUT2D eigenvalue weighted by atomic mass is 10.2. The van der Waals surface area contributed by atoms with Gasteiger partial charge in [-0.1, -0.05) is 6.92 Å². The molecule has 10 heavy (non-hydrogen) atoms. The summed E-state index contributed by atoms with van der Waals surface area (Å²) in [7, 11) is 0. The molecule has 2 aliphatic rings. The van der Waals surface area contributed by atoms with Crippen LogP contribution < -0.4 is 0 Å². The van der Waals surface area contributed by atoms with Crippen molar-refractivity contribution in [3.05, 3.63) is 16.6 Å². The predicted molar refractivity (Wildman–Crippen MR) is 41.1 cm³/mol. The van der Waals surface area contributed by atoms with E-state index in [1.807, 2.05) is 17.5 Å². The molecule has 1 aromatic heterocycles. The zero-order chi connectivity index (χ0) is 6.82. The largest absolute Gasteiger partial charge is 0.249 e. The zero-order valence-corrected chi connectivity index (χ0v) is 6.74. The molecular weight excluding hydrogens is 142 g/mol. The van der Waals surface area contributed by atoms with Crippen LogP contribution in [0.5, 0.6) is 0 Å². The summed E-state index contributed by atoms with van der Waals surface area (Å²) in [5.74, 6) is 0. The molecule has 0 amide bonds. The first-order chi connectivity index (χ1) is 4.77. The Morgan fingerprint density at radius 2 is 2.30 bits per heavy atom. The third-order valence-electron chi connectivity index (χ3n) is 3.13. The average Bonchev–Trinajstić information content (AvgIpc) is 2.57. The van der Waals surface area contributed by atoms with Gasteiger partial charge in [0.05, 0.1) is 5.01 Å². The Balaban J connectivity index is 2.06. The molecule has 0 aromatic carbocycles. The molecule has 0 unspecified atom stereocenters. The number of hydrogen-bond acceptors (Lipinski definition) is 2. The minimum atomic E-state index is 0.584. The van der Waals surface area contributed by atoms with E-state index in [0.29, 0.717) is 10.8 Å². The molecule has 0 bridgehead atoms. The van der Waals surface area contributed by atoms with Crippen LogP contribution in [0.25, 0.3) is 0 Å². The fourth-order valence-corrected chi connectivity index (χ4v) is 3.05. The number of rotatable bonds is 1. The van der Waals surface area contributed by atoms with E-state index in [-0.39, 0.29) is 0 Å². The van der Waals surface area contributed by atoms with Crippen LogP contribution in [-0.2, 0) is 5.41 Å². The highest BCUT2D eigenvalue weighted by Gasteiger charge is 2.81. The van der Waals surface area contributed by atoms with Gasteiger partial charge in [-0.15, -0.1) is 11.3 Å². The Bertz CT molecular complexity index is 269. The summed E-state index contributed by atoms with van der Waals surface area (Å²) in [6, 6.07) is 0. The summed E-state index contributed by atoms with van der Waals surface area (Å²) < 4.78 is 0. The van der Waals surface area contributed by atoms with Crippen LogP contribution in [-0.4, -0.2) is 4.98 Å². The first kappa shape index (κ1) is 5.30. The quantitative estimate of drug-likeness (QED) is 0.599. The van der Waals surface area contributed by atoms with Crippen molar-refractivity contribution in [1.29, 1.82) is 0 Å². The topological polar surface area (TPSA) is 12.9 Å². The molecule has 0 saturated heterocycles. The summed E-state index contributed by atoms with van der Waals surface area (Å²) in [5.41, 5.74) is 1.27. The fourth-order valence-electron chi connectivity index (χ4n) is 2.06. The predicted octanol–water partition coefficient (Wildman–Crippen LogP) is 2.19. The zero-order valence-electron chi connectivity index (χ0n) is 5.92. The lowest BCUT2D eigenvalue weighted by Gasteiger charge is -1.92. The van der Waals surface area contributed by atoms with Crippen molar-refractivity contribution < 1.29 is 0 Å². The number of aromatic nitrogens is 1. The summed E-state index contributed by atoms with van der Waals surface area (Å²) >= 11 is 1.82. The van der Waals surface area contributed by atoms with E-state index < -0.39 is 0 Å².